The van der Waals surface area contributed by atoms with Crippen molar-refractivity contribution >= 4 is 40.5 Å². The maximum Gasteiger partial charge on any atom is 0.259 e. The summed E-state index contributed by atoms with van der Waals surface area (Å²) in [5, 5.41) is 11.8. The fourth-order valence-corrected chi connectivity index (χ4v) is 4.55. The van der Waals surface area contributed by atoms with E-state index in [2.05, 4.69) is 11.4 Å². The van der Waals surface area contributed by atoms with Gasteiger partial charge in [0.25, 0.3) is 11.8 Å². The molecule has 6 nitrogen and oxygen atoms in total. The molecule has 1 aliphatic heterocycles. The van der Waals surface area contributed by atoms with Gasteiger partial charge in [0.15, 0.2) is 5.11 Å². The summed E-state index contributed by atoms with van der Waals surface area (Å²) in [6.07, 6.45) is 2.08. The van der Waals surface area contributed by atoms with Crippen LogP contribution in [-0.4, -0.2) is 29.5 Å². The van der Waals surface area contributed by atoms with Gasteiger partial charge in [0.2, 0.25) is 0 Å². The van der Waals surface area contributed by atoms with Gasteiger partial charge in [-0.25, -0.2) is 4.39 Å². The van der Waals surface area contributed by atoms with E-state index in [4.69, 9.17) is 12.2 Å². The molecule has 30 heavy (non-hydrogen) atoms. The molecule has 2 aliphatic rings. The number of aryl methyl sites for hydroxylation is 1. The zero-order valence-corrected chi connectivity index (χ0v) is 17.3. The van der Waals surface area contributed by atoms with Crippen LogP contribution >= 0.6 is 12.2 Å². The normalized spacial score (nSPS) is 17.1. The van der Waals surface area contributed by atoms with E-state index < -0.39 is 17.3 Å². The molecule has 2 fully saturated rings. The van der Waals surface area contributed by atoms with Crippen LogP contribution in [0.1, 0.15) is 40.7 Å². The molecule has 8 heteroatoms. The Labute approximate surface area is 178 Å². The molecule has 0 radical (unpaired) electrons. The Hall–Kier alpha value is -3.31. The van der Waals surface area contributed by atoms with Crippen molar-refractivity contribution in [1.29, 1.82) is 5.26 Å². The number of nitriles is 1. The van der Waals surface area contributed by atoms with E-state index in [1.54, 1.807) is 36.1 Å². The summed E-state index contributed by atoms with van der Waals surface area (Å²) in [5.41, 5.74) is 1.37. The highest BCUT2D eigenvalue weighted by Gasteiger charge is 2.59. The molecular weight excluding hydrogens is 403 g/mol. The van der Waals surface area contributed by atoms with E-state index in [0.717, 1.165) is 12.0 Å². The second kappa shape index (κ2) is 7.18. The average molecular weight is 422 g/mol. The van der Waals surface area contributed by atoms with Crippen molar-refractivity contribution in [2.75, 3.05) is 16.8 Å². The first-order chi connectivity index (χ1) is 14.3. The van der Waals surface area contributed by atoms with Gasteiger partial charge in [-0.15, -0.1) is 0 Å². The fraction of sp³-hybridized carbons (Fsp3) is 0.273. The van der Waals surface area contributed by atoms with Crippen LogP contribution < -0.4 is 15.1 Å². The van der Waals surface area contributed by atoms with Crippen molar-refractivity contribution in [3.63, 3.8) is 0 Å². The number of halogens is 1. The molecule has 0 aromatic heterocycles. The number of anilines is 2. The zero-order chi connectivity index (χ0) is 21.6. The number of amides is 2. The molecule has 2 aromatic rings. The lowest BCUT2D eigenvalue weighted by atomic mass is 9.75. The highest BCUT2D eigenvalue weighted by atomic mass is 32.1. The van der Waals surface area contributed by atoms with Crippen LogP contribution in [0.5, 0.6) is 0 Å². The molecule has 2 aromatic carbocycles. The molecule has 0 atom stereocenters. The summed E-state index contributed by atoms with van der Waals surface area (Å²) in [6, 6.07) is 11.5. The quantitative estimate of drug-likeness (QED) is 0.767. The summed E-state index contributed by atoms with van der Waals surface area (Å²) >= 11 is 5.67. The van der Waals surface area contributed by atoms with Gasteiger partial charge < -0.3 is 10.2 Å². The lowest BCUT2D eigenvalue weighted by Crippen LogP contribution is -2.55. The van der Waals surface area contributed by atoms with E-state index in [-0.39, 0.29) is 16.6 Å². The van der Waals surface area contributed by atoms with Gasteiger partial charge in [-0.3, -0.25) is 14.5 Å². The maximum atomic E-state index is 14.6. The second-order valence-electron chi connectivity index (χ2n) is 7.50. The summed E-state index contributed by atoms with van der Waals surface area (Å²) in [6.45, 7) is 1.80. The lowest BCUT2D eigenvalue weighted by molar-refractivity contribution is -0.123. The fourth-order valence-electron chi connectivity index (χ4n) is 4.08. The van der Waals surface area contributed by atoms with Gasteiger partial charge in [-0.1, -0.05) is 0 Å². The maximum absolute atomic E-state index is 14.6. The number of hydrogen-bond acceptors (Lipinski definition) is 4. The molecule has 1 heterocycles. The SMILES string of the molecule is CNC(=O)c1ccc(N2C(=S)N(c3ccc(C#N)c(C)c3)C(=O)C23CCC3)cc1F. The predicted molar refractivity (Wildman–Crippen MR) is 115 cm³/mol. The molecule has 152 valence electrons. The number of thiocarbonyl (C=S) groups is 1. The first kappa shape index (κ1) is 20.0. The largest absolute Gasteiger partial charge is 0.355 e. The molecule has 4 rings (SSSR count). The van der Waals surface area contributed by atoms with Crippen molar-refractivity contribution < 1.29 is 14.0 Å². The topological polar surface area (TPSA) is 76.4 Å². The molecule has 1 N–H and O–H groups in total. The van der Waals surface area contributed by atoms with Crippen LogP contribution in [0.15, 0.2) is 36.4 Å². The van der Waals surface area contributed by atoms with E-state index in [1.165, 1.54) is 24.1 Å². The minimum absolute atomic E-state index is 0.0695. The second-order valence-corrected chi connectivity index (χ2v) is 7.86. The lowest BCUT2D eigenvalue weighted by Gasteiger charge is -2.43. The van der Waals surface area contributed by atoms with Crippen LogP contribution in [0.4, 0.5) is 15.8 Å². The van der Waals surface area contributed by atoms with E-state index >= 15 is 0 Å². The molecule has 1 saturated carbocycles. The van der Waals surface area contributed by atoms with Crippen LogP contribution in [0.2, 0.25) is 0 Å². The molecule has 0 unspecified atom stereocenters. The third kappa shape index (κ3) is 2.77. The van der Waals surface area contributed by atoms with Gasteiger partial charge in [-0.05, 0) is 80.4 Å². The number of carbonyl (C=O) groups is 2. The summed E-state index contributed by atoms with van der Waals surface area (Å²) in [5.74, 6) is -1.35. The van der Waals surface area contributed by atoms with Crippen LogP contribution in [-0.2, 0) is 4.79 Å². The van der Waals surface area contributed by atoms with Crippen LogP contribution in [0.3, 0.4) is 0 Å². The van der Waals surface area contributed by atoms with E-state index in [0.29, 0.717) is 29.8 Å². The Bertz CT molecular complexity index is 1140. The highest BCUT2D eigenvalue weighted by molar-refractivity contribution is 7.81. The smallest absolute Gasteiger partial charge is 0.259 e. The monoisotopic (exact) mass is 422 g/mol. The molecular formula is C22H19FN4O2S. The van der Waals surface area contributed by atoms with Crippen LogP contribution in [0.25, 0.3) is 0 Å². The Morgan fingerprint density at radius 2 is 1.93 bits per heavy atom. The van der Waals surface area contributed by atoms with Gasteiger partial charge in [0.1, 0.15) is 11.4 Å². The Balaban J connectivity index is 1.78. The number of nitrogens with zero attached hydrogens (tertiary/aromatic N) is 3. The summed E-state index contributed by atoms with van der Waals surface area (Å²) < 4.78 is 14.6. The molecule has 1 aliphatic carbocycles. The predicted octanol–water partition coefficient (Wildman–Crippen LogP) is 3.43. The van der Waals surface area contributed by atoms with Gasteiger partial charge >= 0.3 is 0 Å². The van der Waals surface area contributed by atoms with Crippen molar-refractivity contribution in [2.24, 2.45) is 0 Å². The van der Waals surface area contributed by atoms with Gasteiger partial charge in [-0.2, -0.15) is 5.26 Å². The minimum Gasteiger partial charge on any atom is -0.355 e. The third-order valence-corrected chi connectivity index (χ3v) is 6.23. The third-order valence-electron chi connectivity index (χ3n) is 5.86. The highest BCUT2D eigenvalue weighted by Crippen LogP contribution is 2.48. The van der Waals surface area contributed by atoms with Crippen LogP contribution in [0, 0.1) is 24.1 Å². The molecule has 2 amide bonds. The van der Waals surface area contributed by atoms with E-state index in [9.17, 15) is 19.2 Å². The Morgan fingerprint density at radius 3 is 2.47 bits per heavy atom. The average Bonchev–Trinajstić information content (AvgIpc) is 2.94. The van der Waals surface area contributed by atoms with Crippen molar-refractivity contribution in [1.82, 2.24) is 5.32 Å². The first-order valence-electron chi connectivity index (χ1n) is 9.55. The van der Waals surface area contributed by atoms with Gasteiger partial charge in [0, 0.05) is 12.7 Å². The van der Waals surface area contributed by atoms with Gasteiger partial charge in [0.05, 0.1) is 22.9 Å². The van der Waals surface area contributed by atoms with Crippen molar-refractivity contribution in [2.45, 2.75) is 31.7 Å². The minimum atomic E-state index is -0.847. The molecule has 1 spiro atoms. The Kier molecular flexibility index (Phi) is 4.79. The first-order valence-corrected chi connectivity index (χ1v) is 9.96. The number of hydrogen-bond donors (Lipinski definition) is 1. The number of carbonyl (C=O) groups excluding carboxylic acids is 2. The summed E-state index contributed by atoms with van der Waals surface area (Å²) in [7, 11) is 1.44. The number of rotatable bonds is 3. The number of benzene rings is 2. The zero-order valence-electron chi connectivity index (χ0n) is 16.5. The van der Waals surface area contributed by atoms with Crippen molar-refractivity contribution in [3.05, 3.63) is 58.9 Å². The van der Waals surface area contributed by atoms with E-state index in [1.807, 2.05) is 0 Å². The van der Waals surface area contributed by atoms with Crippen molar-refractivity contribution in [3.8, 4) is 6.07 Å². The summed E-state index contributed by atoms with van der Waals surface area (Å²) in [4.78, 5) is 28.4. The molecule has 0 bridgehead atoms. The number of nitrogens with one attached hydrogen (secondary N) is 1. The Morgan fingerprint density at radius 1 is 1.23 bits per heavy atom. The molecule has 1 saturated heterocycles. The standard InChI is InChI=1S/C22H19FN4O2S/c1-13-10-15(5-4-14(13)12-24)26-20(29)22(8-3-9-22)27(21(26)30)16-6-7-17(18(23)11-16)19(28)25-2/h4-7,10-11H,3,8-9H2,1-2H3,(H,25,28).